The Kier molecular flexibility index (Phi) is 3.01. The Hall–Kier alpha value is -2.52. The van der Waals surface area contributed by atoms with Gasteiger partial charge >= 0.3 is 0 Å². The zero-order valence-corrected chi connectivity index (χ0v) is 12.9. The second kappa shape index (κ2) is 5.04. The molecule has 4 rings (SSSR count). The van der Waals surface area contributed by atoms with Crippen molar-refractivity contribution >= 4 is 38.6 Å². The minimum atomic E-state index is 0.739. The highest BCUT2D eigenvalue weighted by Gasteiger charge is 2.20. The Balaban J connectivity index is 2.09. The topological polar surface area (TPSA) is 20.9 Å². The molecule has 0 aliphatic carbocycles. The number of nitrogens with zero attached hydrogens (tertiary/aromatic N) is 1. The van der Waals surface area contributed by atoms with Crippen LogP contribution in [0.1, 0.15) is 10.4 Å². The third kappa shape index (κ3) is 1.86. The van der Waals surface area contributed by atoms with E-state index in [0.29, 0.717) is 0 Å². The fraction of sp³-hybridized carbons (Fsp3) is 0.0526. The minimum Gasteiger partial charge on any atom is -0.298 e. The number of benzene rings is 3. The molecule has 3 aromatic carbocycles. The Labute approximate surface area is 132 Å². The number of hydrogen-bond acceptors (Lipinski definition) is 2. The third-order valence-electron chi connectivity index (χ3n) is 4.05. The maximum Gasteiger partial charge on any atom is 0.270 e. The molecule has 0 amide bonds. The maximum absolute atomic E-state index is 11.3. The summed E-state index contributed by atoms with van der Waals surface area (Å²) in [7, 11) is 2.09. The monoisotopic (exact) mass is 304 g/mol. The predicted molar refractivity (Wildman–Crippen MR) is 91.3 cm³/mol. The summed E-state index contributed by atoms with van der Waals surface area (Å²) in [6.07, 6.45) is 0.928. The summed E-state index contributed by atoms with van der Waals surface area (Å²) in [5.74, 6) is 0. The van der Waals surface area contributed by atoms with Gasteiger partial charge in [-0.05, 0) is 22.9 Å². The van der Waals surface area contributed by atoms with Gasteiger partial charge in [0.1, 0.15) is 11.7 Å². The fourth-order valence-corrected chi connectivity index (χ4v) is 4.14. The van der Waals surface area contributed by atoms with E-state index in [9.17, 15) is 4.79 Å². The molecule has 0 aliphatic rings. The number of para-hydroxylation sites is 1. The molecule has 4 aromatic rings. The molecule has 0 saturated heterocycles. The summed E-state index contributed by atoms with van der Waals surface area (Å²) in [4.78, 5) is 11.3. The van der Waals surface area contributed by atoms with Gasteiger partial charge in [0.2, 0.25) is 5.52 Å². The summed E-state index contributed by atoms with van der Waals surface area (Å²) in [5, 5.41) is 3.33. The minimum absolute atomic E-state index is 0.739. The zero-order valence-electron chi connectivity index (χ0n) is 12.1. The summed E-state index contributed by atoms with van der Waals surface area (Å²) in [5.41, 5.74) is 3.14. The van der Waals surface area contributed by atoms with Crippen LogP contribution < -0.4 is 4.57 Å². The number of carbonyl (C=O) groups is 1. The SMILES string of the molecule is C[n+]1c(-c2ccc(C=O)c3ccccc23)sc2ccccc21. The van der Waals surface area contributed by atoms with Crippen LogP contribution in [-0.2, 0) is 7.05 Å². The summed E-state index contributed by atoms with van der Waals surface area (Å²) >= 11 is 1.78. The van der Waals surface area contributed by atoms with Crippen molar-refractivity contribution in [1.82, 2.24) is 0 Å². The Bertz CT molecular complexity index is 1020. The van der Waals surface area contributed by atoms with Gasteiger partial charge in [-0.2, -0.15) is 4.57 Å². The van der Waals surface area contributed by atoms with Gasteiger partial charge in [0.25, 0.3) is 5.01 Å². The molecule has 0 aliphatic heterocycles. The fourth-order valence-electron chi connectivity index (χ4n) is 2.95. The third-order valence-corrected chi connectivity index (χ3v) is 5.31. The van der Waals surface area contributed by atoms with Gasteiger partial charge in [-0.3, -0.25) is 4.79 Å². The van der Waals surface area contributed by atoms with E-state index in [1.807, 2.05) is 24.3 Å². The van der Waals surface area contributed by atoms with E-state index >= 15 is 0 Å². The lowest BCUT2D eigenvalue weighted by atomic mass is 10.0. The number of fused-ring (bicyclic) bond motifs is 2. The largest absolute Gasteiger partial charge is 0.298 e. The Morgan fingerprint density at radius 1 is 0.909 bits per heavy atom. The molecule has 106 valence electrons. The summed E-state index contributed by atoms with van der Waals surface area (Å²) < 4.78 is 3.49. The highest BCUT2D eigenvalue weighted by molar-refractivity contribution is 7.21. The maximum atomic E-state index is 11.3. The first-order valence-corrected chi connectivity index (χ1v) is 7.96. The van der Waals surface area contributed by atoms with Crippen LogP contribution in [0.4, 0.5) is 0 Å². The smallest absolute Gasteiger partial charge is 0.270 e. The molecule has 0 fully saturated rings. The molecular weight excluding hydrogens is 290 g/mol. The summed E-state index contributed by atoms with van der Waals surface area (Å²) in [6, 6.07) is 20.5. The normalized spacial score (nSPS) is 11.1. The molecule has 1 aromatic heterocycles. The molecule has 2 nitrogen and oxygen atoms in total. The average Bonchev–Trinajstić information content (AvgIpc) is 2.91. The molecule has 1 heterocycles. The van der Waals surface area contributed by atoms with Gasteiger partial charge in [-0.15, -0.1) is 0 Å². The van der Waals surface area contributed by atoms with E-state index in [2.05, 4.69) is 48.0 Å². The van der Waals surface area contributed by atoms with Crippen molar-refractivity contribution in [3.05, 3.63) is 66.2 Å². The van der Waals surface area contributed by atoms with Crippen LogP contribution in [0.3, 0.4) is 0 Å². The Morgan fingerprint density at radius 2 is 1.64 bits per heavy atom. The molecular formula is C19H14NOS+. The van der Waals surface area contributed by atoms with E-state index in [1.165, 1.54) is 20.8 Å². The first-order valence-electron chi connectivity index (χ1n) is 7.14. The van der Waals surface area contributed by atoms with Crippen LogP contribution in [0.2, 0.25) is 0 Å². The van der Waals surface area contributed by atoms with Crippen molar-refractivity contribution in [3.63, 3.8) is 0 Å². The number of rotatable bonds is 2. The van der Waals surface area contributed by atoms with E-state index in [-0.39, 0.29) is 0 Å². The van der Waals surface area contributed by atoms with E-state index in [0.717, 1.165) is 22.6 Å². The van der Waals surface area contributed by atoms with Crippen LogP contribution in [0, 0.1) is 0 Å². The number of hydrogen-bond donors (Lipinski definition) is 0. The molecule has 0 atom stereocenters. The number of aldehydes is 1. The molecule has 0 N–H and O–H groups in total. The van der Waals surface area contributed by atoms with Crippen molar-refractivity contribution in [2.75, 3.05) is 0 Å². The lowest BCUT2D eigenvalue weighted by molar-refractivity contribution is -0.629. The number of aryl methyl sites for hydroxylation is 1. The van der Waals surface area contributed by atoms with Crippen molar-refractivity contribution in [1.29, 1.82) is 0 Å². The quantitative estimate of drug-likeness (QED) is 0.398. The van der Waals surface area contributed by atoms with Crippen molar-refractivity contribution < 1.29 is 9.36 Å². The molecule has 3 heteroatoms. The highest BCUT2D eigenvalue weighted by Crippen LogP contribution is 2.34. The highest BCUT2D eigenvalue weighted by atomic mass is 32.1. The van der Waals surface area contributed by atoms with Crippen LogP contribution in [0.25, 0.3) is 31.6 Å². The van der Waals surface area contributed by atoms with Gasteiger partial charge in [-0.1, -0.05) is 53.8 Å². The van der Waals surface area contributed by atoms with Crippen molar-refractivity contribution in [2.24, 2.45) is 7.05 Å². The van der Waals surface area contributed by atoms with E-state index in [4.69, 9.17) is 0 Å². The van der Waals surface area contributed by atoms with Gasteiger partial charge < -0.3 is 0 Å². The lowest BCUT2D eigenvalue weighted by Crippen LogP contribution is -2.28. The predicted octanol–water partition coefficient (Wildman–Crippen LogP) is 4.36. The molecule has 0 bridgehead atoms. The van der Waals surface area contributed by atoms with Crippen molar-refractivity contribution in [2.45, 2.75) is 0 Å². The number of thiazole rings is 1. The molecule has 0 radical (unpaired) electrons. The molecule has 0 unspecified atom stereocenters. The standard InChI is InChI=1S/C19H14NOS/c1-20-17-8-4-5-9-18(17)22-19(20)16-11-10-13(12-21)14-6-2-3-7-15(14)16/h2-12H,1H3/q+1. The molecule has 22 heavy (non-hydrogen) atoms. The second-order valence-electron chi connectivity index (χ2n) is 5.30. The van der Waals surface area contributed by atoms with Gasteiger partial charge in [0, 0.05) is 11.6 Å². The first kappa shape index (κ1) is 13.2. The van der Waals surface area contributed by atoms with Crippen LogP contribution in [-0.4, -0.2) is 6.29 Å². The van der Waals surface area contributed by atoms with E-state index < -0.39 is 0 Å². The zero-order chi connectivity index (χ0) is 15.1. The van der Waals surface area contributed by atoms with Crippen LogP contribution in [0.5, 0.6) is 0 Å². The Morgan fingerprint density at radius 3 is 2.41 bits per heavy atom. The van der Waals surface area contributed by atoms with Gasteiger partial charge in [0.15, 0.2) is 6.29 Å². The number of carbonyl (C=O) groups excluding carboxylic acids is 1. The van der Waals surface area contributed by atoms with Gasteiger partial charge in [0.05, 0.1) is 5.56 Å². The van der Waals surface area contributed by atoms with Gasteiger partial charge in [-0.25, -0.2) is 0 Å². The lowest BCUT2D eigenvalue weighted by Gasteiger charge is -2.04. The first-order chi connectivity index (χ1) is 10.8. The average molecular weight is 304 g/mol. The molecule has 0 saturated carbocycles. The summed E-state index contributed by atoms with van der Waals surface area (Å²) in [6.45, 7) is 0. The van der Waals surface area contributed by atoms with Crippen molar-refractivity contribution in [3.8, 4) is 10.6 Å². The van der Waals surface area contributed by atoms with Crippen LogP contribution in [0.15, 0.2) is 60.7 Å². The van der Waals surface area contributed by atoms with Crippen LogP contribution >= 0.6 is 11.3 Å². The number of aromatic nitrogens is 1. The molecule has 0 spiro atoms. The van der Waals surface area contributed by atoms with E-state index in [1.54, 1.807) is 11.3 Å². The second-order valence-corrected chi connectivity index (χ2v) is 6.33.